The number of esters is 1. The zero-order valence-corrected chi connectivity index (χ0v) is 17.9. The standard InChI is InChI=1S/C23H28N4O3/c1-5-30-23(29)19(11-17-9-7-6-8-10-17)13-24-22(28)20-12-18-14-25-27(15(2)3)21(18)26-16(20)4/h6-10,12,14-15,19H,5,11,13H2,1-4H3,(H,24,28). The van der Waals surface area contributed by atoms with Crippen LogP contribution in [0, 0.1) is 12.8 Å². The average Bonchev–Trinajstić information content (AvgIpc) is 3.14. The molecule has 1 N–H and O–H groups in total. The van der Waals surface area contributed by atoms with E-state index in [1.807, 2.05) is 48.9 Å². The molecular weight excluding hydrogens is 380 g/mol. The summed E-state index contributed by atoms with van der Waals surface area (Å²) in [4.78, 5) is 29.9. The molecule has 0 radical (unpaired) electrons. The summed E-state index contributed by atoms with van der Waals surface area (Å²) >= 11 is 0. The Kier molecular flexibility index (Phi) is 6.82. The molecule has 7 nitrogen and oxygen atoms in total. The van der Waals surface area contributed by atoms with E-state index in [2.05, 4.69) is 15.4 Å². The Balaban J connectivity index is 1.76. The summed E-state index contributed by atoms with van der Waals surface area (Å²) in [5, 5.41) is 8.06. The molecular formula is C23H28N4O3. The van der Waals surface area contributed by atoms with Gasteiger partial charge in [-0.2, -0.15) is 5.10 Å². The second kappa shape index (κ2) is 9.52. The zero-order valence-electron chi connectivity index (χ0n) is 17.9. The summed E-state index contributed by atoms with van der Waals surface area (Å²) in [5.74, 6) is -1.04. The van der Waals surface area contributed by atoms with Gasteiger partial charge in [0.1, 0.15) is 0 Å². The SMILES string of the molecule is CCOC(=O)C(CNC(=O)c1cc2cnn(C(C)C)c2nc1C)Cc1ccccc1. The van der Waals surface area contributed by atoms with Crippen molar-refractivity contribution in [3.63, 3.8) is 0 Å². The van der Waals surface area contributed by atoms with E-state index < -0.39 is 5.92 Å². The van der Waals surface area contributed by atoms with E-state index in [0.717, 1.165) is 16.6 Å². The summed E-state index contributed by atoms with van der Waals surface area (Å²) < 4.78 is 7.04. The van der Waals surface area contributed by atoms with E-state index in [4.69, 9.17) is 4.74 Å². The van der Waals surface area contributed by atoms with Gasteiger partial charge in [0.15, 0.2) is 5.65 Å². The van der Waals surface area contributed by atoms with Crippen molar-refractivity contribution in [2.45, 2.75) is 40.2 Å². The summed E-state index contributed by atoms with van der Waals surface area (Å²) in [6.07, 6.45) is 2.22. The van der Waals surface area contributed by atoms with Gasteiger partial charge in [-0.05, 0) is 45.7 Å². The molecule has 1 atom stereocenters. The fraction of sp³-hybridized carbons (Fsp3) is 0.391. The lowest BCUT2D eigenvalue weighted by molar-refractivity contribution is -0.147. The van der Waals surface area contributed by atoms with Gasteiger partial charge >= 0.3 is 5.97 Å². The number of carbonyl (C=O) groups is 2. The molecule has 0 saturated heterocycles. The maximum absolute atomic E-state index is 12.9. The normalized spacial score (nSPS) is 12.2. The molecule has 158 valence electrons. The molecule has 1 amide bonds. The van der Waals surface area contributed by atoms with Crippen molar-refractivity contribution in [1.82, 2.24) is 20.1 Å². The first-order chi connectivity index (χ1) is 14.4. The van der Waals surface area contributed by atoms with Crippen LogP contribution in [0.2, 0.25) is 0 Å². The summed E-state index contributed by atoms with van der Waals surface area (Å²) in [6, 6.07) is 11.7. The van der Waals surface area contributed by atoms with Crippen LogP contribution in [0.25, 0.3) is 11.0 Å². The number of rotatable bonds is 8. The average molecular weight is 409 g/mol. The van der Waals surface area contributed by atoms with Gasteiger partial charge in [0.05, 0.1) is 30.0 Å². The minimum absolute atomic E-state index is 0.178. The van der Waals surface area contributed by atoms with E-state index in [1.165, 1.54) is 0 Å². The quantitative estimate of drug-likeness (QED) is 0.577. The summed E-state index contributed by atoms with van der Waals surface area (Å²) in [6.45, 7) is 8.14. The van der Waals surface area contributed by atoms with E-state index in [9.17, 15) is 9.59 Å². The topological polar surface area (TPSA) is 86.1 Å². The maximum Gasteiger partial charge on any atom is 0.311 e. The Bertz CT molecular complexity index is 1030. The monoisotopic (exact) mass is 408 g/mol. The van der Waals surface area contributed by atoms with Gasteiger partial charge in [0.2, 0.25) is 0 Å². The molecule has 0 fully saturated rings. The highest BCUT2D eigenvalue weighted by molar-refractivity contribution is 5.98. The first-order valence-electron chi connectivity index (χ1n) is 10.2. The van der Waals surface area contributed by atoms with E-state index >= 15 is 0 Å². The van der Waals surface area contributed by atoms with E-state index in [-0.39, 0.29) is 24.5 Å². The maximum atomic E-state index is 12.9. The number of hydrogen-bond donors (Lipinski definition) is 1. The van der Waals surface area contributed by atoms with Crippen molar-refractivity contribution >= 4 is 22.9 Å². The van der Waals surface area contributed by atoms with Gasteiger partial charge in [0, 0.05) is 18.0 Å². The van der Waals surface area contributed by atoms with Gasteiger partial charge in [-0.3, -0.25) is 9.59 Å². The second-order valence-electron chi connectivity index (χ2n) is 7.57. The van der Waals surface area contributed by atoms with Crippen molar-refractivity contribution in [3.8, 4) is 0 Å². The van der Waals surface area contributed by atoms with Crippen LogP contribution in [0.4, 0.5) is 0 Å². The molecule has 2 heterocycles. The fourth-order valence-corrected chi connectivity index (χ4v) is 3.38. The highest BCUT2D eigenvalue weighted by Crippen LogP contribution is 2.19. The minimum Gasteiger partial charge on any atom is -0.466 e. The Hall–Kier alpha value is -3.22. The highest BCUT2D eigenvalue weighted by Gasteiger charge is 2.22. The van der Waals surface area contributed by atoms with Gasteiger partial charge in [-0.1, -0.05) is 30.3 Å². The molecule has 0 aliphatic heterocycles. The number of nitrogens with zero attached hydrogens (tertiary/aromatic N) is 3. The van der Waals surface area contributed by atoms with E-state index in [1.54, 1.807) is 26.1 Å². The molecule has 0 saturated carbocycles. The molecule has 1 aromatic carbocycles. The first kappa shape index (κ1) is 21.5. The molecule has 0 spiro atoms. The zero-order chi connectivity index (χ0) is 21.7. The minimum atomic E-state index is -0.461. The van der Waals surface area contributed by atoms with Crippen molar-refractivity contribution < 1.29 is 14.3 Å². The number of amides is 1. The Morgan fingerprint density at radius 2 is 1.93 bits per heavy atom. The summed E-state index contributed by atoms with van der Waals surface area (Å²) in [5.41, 5.74) is 2.88. The predicted octanol–water partition coefficient (Wildman–Crippen LogP) is 3.47. The number of nitrogens with one attached hydrogen (secondary N) is 1. The van der Waals surface area contributed by atoms with Gasteiger partial charge in [-0.15, -0.1) is 0 Å². The Morgan fingerprint density at radius 1 is 1.20 bits per heavy atom. The Morgan fingerprint density at radius 3 is 2.60 bits per heavy atom. The molecule has 0 aliphatic carbocycles. The first-order valence-corrected chi connectivity index (χ1v) is 10.2. The van der Waals surface area contributed by atoms with Crippen molar-refractivity contribution in [3.05, 3.63) is 59.4 Å². The lowest BCUT2D eigenvalue weighted by atomic mass is 9.99. The van der Waals surface area contributed by atoms with Crippen LogP contribution >= 0.6 is 0 Å². The van der Waals surface area contributed by atoms with Crippen molar-refractivity contribution in [1.29, 1.82) is 0 Å². The van der Waals surface area contributed by atoms with Gasteiger partial charge in [-0.25, -0.2) is 9.67 Å². The van der Waals surface area contributed by atoms with Gasteiger partial charge in [0.25, 0.3) is 5.91 Å². The molecule has 30 heavy (non-hydrogen) atoms. The van der Waals surface area contributed by atoms with Crippen LogP contribution in [0.1, 0.15) is 48.4 Å². The molecule has 3 aromatic rings. The smallest absolute Gasteiger partial charge is 0.311 e. The predicted molar refractivity (Wildman–Crippen MR) is 115 cm³/mol. The third-order valence-corrected chi connectivity index (χ3v) is 4.95. The molecule has 3 rings (SSSR count). The van der Waals surface area contributed by atoms with Crippen molar-refractivity contribution in [2.24, 2.45) is 5.92 Å². The third-order valence-electron chi connectivity index (χ3n) is 4.95. The molecule has 0 aliphatic rings. The van der Waals surface area contributed by atoms with Crippen LogP contribution in [-0.4, -0.2) is 39.8 Å². The lowest BCUT2D eigenvalue weighted by Crippen LogP contribution is -2.35. The van der Waals surface area contributed by atoms with Crippen LogP contribution < -0.4 is 5.32 Å². The number of ether oxygens (including phenoxy) is 1. The Labute approximate surface area is 176 Å². The number of benzene rings is 1. The molecule has 1 unspecified atom stereocenters. The van der Waals surface area contributed by atoms with E-state index in [0.29, 0.717) is 24.3 Å². The van der Waals surface area contributed by atoms with Gasteiger partial charge < -0.3 is 10.1 Å². The molecule has 7 heteroatoms. The molecule has 0 bridgehead atoms. The second-order valence-corrected chi connectivity index (χ2v) is 7.57. The van der Waals surface area contributed by atoms with Crippen LogP contribution in [0.3, 0.4) is 0 Å². The number of fused-ring (bicyclic) bond motifs is 1. The number of carbonyl (C=O) groups excluding carboxylic acids is 2. The number of hydrogen-bond acceptors (Lipinski definition) is 5. The molecule has 2 aromatic heterocycles. The highest BCUT2D eigenvalue weighted by atomic mass is 16.5. The van der Waals surface area contributed by atoms with Crippen LogP contribution in [0.15, 0.2) is 42.6 Å². The lowest BCUT2D eigenvalue weighted by Gasteiger charge is -2.17. The summed E-state index contributed by atoms with van der Waals surface area (Å²) in [7, 11) is 0. The third kappa shape index (κ3) is 4.84. The van der Waals surface area contributed by atoms with Crippen LogP contribution in [-0.2, 0) is 16.0 Å². The number of pyridine rings is 1. The fourth-order valence-electron chi connectivity index (χ4n) is 3.38. The van der Waals surface area contributed by atoms with Crippen molar-refractivity contribution in [2.75, 3.05) is 13.2 Å². The van der Waals surface area contributed by atoms with Crippen LogP contribution in [0.5, 0.6) is 0 Å². The largest absolute Gasteiger partial charge is 0.466 e. The number of aryl methyl sites for hydroxylation is 1. The number of aromatic nitrogens is 3.